The third-order valence-corrected chi connectivity index (χ3v) is 4.10. The molecule has 0 aliphatic carbocycles. The van der Waals surface area contributed by atoms with E-state index in [0.29, 0.717) is 0 Å². The maximum absolute atomic E-state index is 11.0. The second-order valence-corrected chi connectivity index (χ2v) is 5.56. The molecule has 2 atom stereocenters. The second-order valence-electron chi connectivity index (χ2n) is 3.41. The molecule has 0 radical (unpaired) electrons. The zero-order valence-electron chi connectivity index (χ0n) is 6.53. The lowest BCUT2D eigenvalue weighted by Gasteiger charge is -2.08. The highest BCUT2D eigenvalue weighted by Gasteiger charge is 2.47. The minimum Gasteiger partial charge on any atom is -1.00 e. The van der Waals surface area contributed by atoms with Crippen molar-refractivity contribution in [2.45, 2.75) is 12.1 Å². The zero-order valence-corrected chi connectivity index (χ0v) is 8.11. The number of aliphatic hydroxyl groups excluding tert-OH is 1. The molecular weight excluding hydrogens is 202 g/mol. The summed E-state index contributed by atoms with van der Waals surface area (Å²) >= 11 is 0. The highest BCUT2D eigenvalue weighted by Crippen LogP contribution is 2.10. The normalized spacial score (nSPS) is 39.1. The van der Waals surface area contributed by atoms with Crippen LogP contribution in [0.1, 0.15) is 0 Å². The quantitative estimate of drug-likeness (QED) is 0.427. The van der Waals surface area contributed by atoms with Crippen molar-refractivity contribution in [1.29, 1.82) is 0 Å². The van der Waals surface area contributed by atoms with Gasteiger partial charge in [0, 0.05) is 0 Å². The van der Waals surface area contributed by atoms with Gasteiger partial charge in [-0.2, -0.15) is 0 Å². The molecule has 6 heteroatoms. The van der Waals surface area contributed by atoms with Crippen molar-refractivity contribution in [1.82, 2.24) is 0 Å². The summed E-state index contributed by atoms with van der Waals surface area (Å²) < 4.78 is 22.0. The molecule has 2 unspecified atom stereocenters. The summed E-state index contributed by atoms with van der Waals surface area (Å²) in [7, 11) is -2.92. The number of rotatable bonds is 1. The fourth-order valence-electron chi connectivity index (χ4n) is 1.66. The molecule has 2 fully saturated rings. The Morgan fingerprint density at radius 1 is 1.25 bits per heavy atom. The average molecular weight is 214 g/mol. The van der Waals surface area contributed by atoms with Gasteiger partial charge < -0.3 is 22.4 Å². The molecule has 2 heterocycles. The van der Waals surface area contributed by atoms with Gasteiger partial charge in [0.15, 0.2) is 9.84 Å². The van der Waals surface area contributed by atoms with Crippen LogP contribution in [0.4, 0.5) is 0 Å². The zero-order chi connectivity index (χ0) is 8.06. The first-order chi connectivity index (χ1) is 5.08. The lowest BCUT2D eigenvalue weighted by Crippen LogP contribution is -3.00. The molecule has 2 aliphatic rings. The van der Waals surface area contributed by atoms with Crippen molar-refractivity contribution in [3.05, 3.63) is 0 Å². The Bertz CT molecular complexity index is 262. The number of aliphatic hydroxyl groups is 1. The van der Waals surface area contributed by atoms with Gasteiger partial charge >= 0.3 is 0 Å². The Balaban J connectivity index is 0.000000720. The van der Waals surface area contributed by atoms with Crippen molar-refractivity contribution < 1.29 is 30.8 Å². The van der Waals surface area contributed by atoms with Gasteiger partial charge in [-0.1, -0.05) is 0 Å². The van der Waals surface area contributed by atoms with Crippen LogP contribution in [0.5, 0.6) is 0 Å². The average Bonchev–Trinajstić information content (AvgIpc) is 2.59. The van der Waals surface area contributed by atoms with Crippen LogP contribution in [0, 0.1) is 0 Å². The maximum Gasteiger partial charge on any atom is 0.159 e. The molecule has 0 bridgehead atoms. The summed E-state index contributed by atoms with van der Waals surface area (Å²) in [6.07, 6.45) is -0.613. The van der Waals surface area contributed by atoms with Crippen molar-refractivity contribution in [2.75, 3.05) is 24.6 Å². The minimum absolute atomic E-state index is 0. The molecule has 2 N–H and O–H groups in total. The molecule has 0 amide bonds. The highest BCUT2D eigenvalue weighted by molar-refractivity contribution is 7.91. The summed E-state index contributed by atoms with van der Waals surface area (Å²) in [4.78, 5) is 1.25. The van der Waals surface area contributed by atoms with Crippen LogP contribution in [0.2, 0.25) is 0 Å². The molecule has 2 aliphatic heterocycles. The van der Waals surface area contributed by atoms with Gasteiger partial charge in [-0.25, -0.2) is 8.42 Å². The summed E-state index contributed by atoms with van der Waals surface area (Å²) in [5.74, 6) is 0.157. The fraction of sp³-hybridized carbons (Fsp3) is 1.00. The third-order valence-electron chi connectivity index (χ3n) is 2.39. The van der Waals surface area contributed by atoms with E-state index in [0.717, 1.165) is 13.1 Å². The summed E-state index contributed by atoms with van der Waals surface area (Å²) in [6, 6.07) is -0.0278. The van der Waals surface area contributed by atoms with Crippen molar-refractivity contribution in [3.8, 4) is 0 Å². The lowest BCUT2D eigenvalue weighted by atomic mass is 10.2. The number of sulfone groups is 1. The lowest BCUT2D eigenvalue weighted by molar-refractivity contribution is -0.790. The molecule has 0 aromatic heterocycles. The molecule has 72 valence electrons. The van der Waals surface area contributed by atoms with E-state index in [1.165, 1.54) is 4.90 Å². The van der Waals surface area contributed by atoms with Crippen LogP contribution in [0.15, 0.2) is 0 Å². The number of hydrogen-bond donors (Lipinski definition) is 2. The number of nitrogens with one attached hydrogen (secondary N) is 1. The number of hydrogen-bond acceptors (Lipinski definition) is 3. The van der Waals surface area contributed by atoms with E-state index >= 15 is 0 Å². The topological polar surface area (TPSA) is 58.8 Å². The number of quaternary nitrogens is 1. The van der Waals surface area contributed by atoms with E-state index in [1.807, 2.05) is 0 Å². The van der Waals surface area contributed by atoms with Crippen molar-refractivity contribution >= 4 is 9.84 Å². The first-order valence-electron chi connectivity index (χ1n) is 3.81. The Morgan fingerprint density at radius 3 is 2.17 bits per heavy atom. The van der Waals surface area contributed by atoms with E-state index in [9.17, 15) is 13.5 Å². The molecule has 2 saturated heterocycles. The Hall–Kier alpha value is 0.160. The molecule has 2 rings (SSSR count). The van der Waals surface area contributed by atoms with E-state index in [-0.39, 0.29) is 30.0 Å². The van der Waals surface area contributed by atoms with E-state index < -0.39 is 15.9 Å². The Morgan fingerprint density at radius 2 is 1.83 bits per heavy atom. The van der Waals surface area contributed by atoms with Gasteiger partial charge in [0.1, 0.15) is 31.0 Å². The summed E-state index contributed by atoms with van der Waals surface area (Å²) in [6.45, 7) is 2.05. The SMILES string of the molecule is O=S1(=O)CC(O)C([NH+]2CC2)C1.[Cl-]. The molecule has 0 aromatic carbocycles. The summed E-state index contributed by atoms with van der Waals surface area (Å²) in [5.41, 5.74) is 0. The monoisotopic (exact) mass is 213 g/mol. The first kappa shape index (κ1) is 10.2. The van der Waals surface area contributed by atoms with Crippen LogP contribution < -0.4 is 17.3 Å². The fourth-order valence-corrected chi connectivity index (χ4v) is 3.56. The predicted octanol–water partition coefficient (Wildman–Crippen LogP) is -5.95. The van der Waals surface area contributed by atoms with E-state index in [4.69, 9.17) is 0 Å². The largest absolute Gasteiger partial charge is 1.00 e. The Labute approximate surface area is 77.9 Å². The van der Waals surface area contributed by atoms with Gasteiger partial charge in [0.2, 0.25) is 0 Å². The van der Waals surface area contributed by atoms with Gasteiger partial charge in [-0.05, 0) is 0 Å². The van der Waals surface area contributed by atoms with Crippen LogP contribution >= 0.6 is 0 Å². The van der Waals surface area contributed by atoms with Gasteiger partial charge in [-0.3, -0.25) is 0 Å². The summed E-state index contributed by atoms with van der Waals surface area (Å²) in [5, 5.41) is 9.33. The molecule has 0 saturated carbocycles. The number of halogens is 1. The van der Waals surface area contributed by atoms with Crippen LogP contribution in [-0.4, -0.2) is 50.3 Å². The van der Waals surface area contributed by atoms with Crippen LogP contribution in [-0.2, 0) is 9.84 Å². The van der Waals surface area contributed by atoms with Crippen molar-refractivity contribution in [3.63, 3.8) is 0 Å². The third kappa shape index (κ3) is 1.90. The van der Waals surface area contributed by atoms with Crippen LogP contribution in [0.25, 0.3) is 0 Å². The van der Waals surface area contributed by atoms with Gasteiger partial charge in [0.25, 0.3) is 0 Å². The standard InChI is InChI=1S/C6H11NO3S.ClH/c8-6-4-11(9,10)3-5(6)7-1-2-7;/h5-6,8H,1-4H2;1H. The molecule has 0 spiro atoms. The van der Waals surface area contributed by atoms with E-state index in [1.54, 1.807) is 0 Å². The molecule has 4 nitrogen and oxygen atoms in total. The van der Waals surface area contributed by atoms with Crippen LogP contribution in [0.3, 0.4) is 0 Å². The molecule has 0 aromatic rings. The smallest absolute Gasteiger partial charge is 0.159 e. The van der Waals surface area contributed by atoms with Gasteiger partial charge in [0.05, 0.1) is 5.75 Å². The van der Waals surface area contributed by atoms with E-state index in [2.05, 4.69) is 0 Å². The first-order valence-corrected chi connectivity index (χ1v) is 5.64. The van der Waals surface area contributed by atoms with Crippen molar-refractivity contribution in [2.24, 2.45) is 0 Å². The second kappa shape index (κ2) is 3.14. The minimum atomic E-state index is -2.92. The molecular formula is C6H12ClNO3S. The molecule has 12 heavy (non-hydrogen) atoms. The highest BCUT2D eigenvalue weighted by atomic mass is 35.5. The Kier molecular flexibility index (Phi) is 2.68. The maximum atomic E-state index is 11.0. The van der Waals surface area contributed by atoms with Gasteiger partial charge in [-0.15, -0.1) is 0 Å². The predicted molar refractivity (Wildman–Crippen MR) is 39.1 cm³/mol.